The predicted octanol–water partition coefficient (Wildman–Crippen LogP) is 12.5. The van der Waals surface area contributed by atoms with Crippen molar-refractivity contribution in [2.24, 2.45) is 0 Å². The Morgan fingerprint density at radius 3 is 1.14 bits per heavy atom. The summed E-state index contributed by atoms with van der Waals surface area (Å²) in [5, 5.41) is 43.4. The molecule has 59 heavy (non-hydrogen) atoms. The minimum absolute atomic E-state index is 0.423. The lowest BCUT2D eigenvalue weighted by atomic mass is 10.0. The van der Waals surface area contributed by atoms with Crippen LogP contribution in [0.1, 0.15) is 22.3 Å². The summed E-state index contributed by atoms with van der Waals surface area (Å²) in [6, 6.07) is 67.6. The summed E-state index contributed by atoms with van der Waals surface area (Å²) in [6.45, 7) is 0. The molecule has 272 valence electrons. The minimum Gasteiger partial charge on any atom is -0.310 e. The fourth-order valence-corrected chi connectivity index (χ4v) is 8.38. The molecule has 0 aliphatic rings. The lowest BCUT2D eigenvalue weighted by Crippen LogP contribution is -2.10. The van der Waals surface area contributed by atoms with Crippen molar-refractivity contribution in [1.29, 1.82) is 21.0 Å². The number of rotatable bonds is 6. The Morgan fingerprint density at radius 1 is 0.322 bits per heavy atom. The minimum atomic E-state index is 0.423. The van der Waals surface area contributed by atoms with Gasteiger partial charge in [-0.2, -0.15) is 21.0 Å². The number of hydrogen-bond donors (Lipinski definition) is 0. The van der Waals surface area contributed by atoms with Crippen LogP contribution >= 0.6 is 0 Å². The lowest BCUT2D eigenvalue weighted by molar-refractivity contribution is 1.17. The van der Waals surface area contributed by atoms with Gasteiger partial charge in [0.2, 0.25) is 0 Å². The summed E-state index contributed by atoms with van der Waals surface area (Å²) in [4.78, 5) is 2.26. The van der Waals surface area contributed by atoms with E-state index >= 15 is 0 Å². The highest BCUT2D eigenvalue weighted by atomic mass is 15.1. The van der Waals surface area contributed by atoms with Gasteiger partial charge in [0.15, 0.2) is 0 Å². The quantitative estimate of drug-likeness (QED) is 0.168. The van der Waals surface area contributed by atoms with E-state index in [1.807, 2.05) is 66.7 Å². The zero-order chi connectivity index (χ0) is 40.0. The molecular weight excluding hydrogens is 723 g/mol. The van der Waals surface area contributed by atoms with Crippen molar-refractivity contribution < 1.29 is 0 Å². The van der Waals surface area contributed by atoms with Crippen molar-refractivity contribution in [3.63, 3.8) is 0 Å². The number of benzene rings is 8. The number of hydrogen-bond acceptors (Lipinski definition) is 5. The van der Waals surface area contributed by atoms with E-state index in [0.29, 0.717) is 22.3 Å². The maximum absolute atomic E-state index is 9.83. The molecule has 2 aromatic heterocycles. The second-order valence-electron chi connectivity index (χ2n) is 14.3. The van der Waals surface area contributed by atoms with Crippen LogP contribution in [0.15, 0.2) is 176 Å². The third kappa shape index (κ3) is 5.80. The van der Waals surface area contributed by atoms with E-state index in [2.05, 4.69) is 135 Å². The fraction of sp³-hybridized carbons (Fsp3) is 0. The molecule has 0 fully saturated rings. The Labute approximate surface area is 339 Å². The van der Waals surface area contributed by atoms with Crippen LogP contribution in [-0.2, 0) is 0 Å². The van der Waals surface area contributed by atoms with Gasteiger partial charge in [-0.25, -0.2) is 0 Å². The molecule has 0 spiro atoms. The van der Waals surface area contributed by atoms with E-state index in [9.17, 15) is 21.0 Å². The van der Waals surface area contributed by atoms with Gasteiger partial charge in [0, 0.05) is 50.0 Å². The van der Waals surface area contributed by atoms with Crippen LogP contribution in [0.3, 0.4) is 0 Å². The largest absolute Gasteiger partial charge is 0.310 e. The molecule has 0 aliphatic heterocycles. The van der Waals surface area contributed by atoms with Crippen LogP contribution in [0, 0.1) is 45.3 Å². The highest BCUT2D eigenvalue weighted by Crippen LogP contribution is 2.43. The maximum atomic E-state index is 9.83. The van der Waals surface area contributed by atoms with E-state index in [0.717, 1.165) is 83.2 Å². The normalized spacial score (nSPS) is 11.0. The van der Waals surface area contributed by atoms with E-state index in [-0.39, 0.29) is 0 Å². The zero-order valence-corrected chi connectivity index (χ0v) is 31.4. The summed E-state index contributed by atoms with van der Waals surface area (Å²) >= 11 is 0. The smallest absolute Gasteiger partial charge is 0.0992 e. The Kier molecular flexibility index (Phi) is 8.21. The van der Waals surface area contributed by atoms with Crippen LogP contribution in [0.5, 0.6) is 0 Å². The molecule has 0 radical (unpaired) electrons. The molecular formula is C52H29N7. The Bertz CT molecular complexity index is 3230. The molecule has 7 heteroatoms. The first-order valence-corrected chi connectivity index (χ1v) is 19.0. The average Bonchev–Trinajstić information content (AvgIpc) is 3.81. The standard InChI is InChI=1S/C52H29N7/c53-30-34-22-35(31-54)25-43(24-34)58-49-12-6-4-10-45(49)47-28-41(18-20-51(47)58)57(40-16-14-39(15-17-40)38-8-2-1-3-9-38)42-19-21-52-48(29-42)46-11-5-7-13-50(46)59(52)44-26-36(32-55)23-37(27-44)33-56/h1-29H. The molecule has 0 saturated carbocycles. The Morgan fingerprint density at radius 2 is 0.695 bits per heavy atom. The monoisotopic (exact) mass is 751 g/mol. The van der Waals surface area contributed by atoms with E-state index in [4.69, 9.17) is 0 Å². The Balaban J connectivity index is 1.20. The molecule has 0 bridgehead atoms. The van der Waals surface area contributed by atoms with Crippen molar-refractivity contribution in [3.8, 4) is 46.8 Å². The molecule has 0 N–H and O–H groups in total. The third-order valence-corrected chi connectivity index (χ3v) is 10.9. The summed E-state index contributed by atoms with van der Waals surface area (Å²) in [5.74, 6) is 0. The molecule has 10 aromatic rings. The highest BCUT2D eigenvalue weighted by molar-refractivity contribution is 6.12. The first-order valence-electron chi connectivity index (χ1n) is 19.0. The van der Waals surface area contributed by atoms with Crippen molar-refractivity contribution in [2.75, 3.05) is 4.90 Å². The number of nitriles is 4. The van der Waals surface area contributed by atoms with E-state index < -0.39 is 0 Å². The fourth-order valence-electron chi connectivity index (χ4n) is 8.38. The molecule has 0 atom stereocenters. The summed E-state index contributed by atoms with van der Waals surface area (Å²) in [6.07, 6.45) is 0. The second kappa shape index (κ2) is 14.0. The molecule has 2 heterocycles. The number of aromatic nitrogens is 2. The van der Waals surface area contributed by atoms with Crippen LogP contribution in [0.4, 0.5) is 17.1 Å². The van der Waals surface area contributed by atoms with E-state index in [1.54, 1.807) is 12.1 Å². The number of para-hydroxylation sites is 2. The van der Waals surface area contributed by atoms with Crippen molar-refractivity contribution >= 4 is 60.7 Å². The SMILES string of the molecule is N#Cc1cc(C#N)cc(-n2c3ccccc3c3cc(N(c4ccc(-c5ccccc5)cc4)c4ccc5c(c4)c4ccccc4n5-c4cc(C#N)cc(C#N)c4)ccc32)c1. The lowest BCUT2D eigenvalue weighted by Gasteiger charge is -2.26. The molecule has 7 nitrogen and oxygen atoms in total. The van der Waals surface area contributed by atoms with Crippen LogP contribution in [0.2, 0.25) is 0 Å². The molecule has 0 saturated heterocycles. The maximum Gasteiger partial charge on any atom is 0.0992 e. The van der Waals surface area contributed by atoms with Gasteiger partial charge in [0.25, 0.3) is 0 Å². The Hall–Kier alpha value is -8.88. The average molecular weight is 752 g/mol. The second-order valence-corrected chi connectivity index (χ2v) is 14.3. The van der Waals surface area contributed by atoms with Crippen LogP contribution in [-0.4, -0.2) is 9.13 Å². The van der Waals surface area contributed by atoms with Gasteiger partial charge in [-0.15, -0.1) is 0 Å². The molecule has 8 aromatic carbocycles. The number of anilines is 3. The predicted molar refractivity (Wildman–Crippen MR) is 234 cm³/mol. The van der Waals surface area contributed by atoms with Crippen molar-refractivity contribution in [2.45, 2.75) is 0 Å². The van der Waals surface area contributed by atoms with Crippen LogP contribution in [0.25, 0.3) is 66.1 Å². The third-order valence-electron chi connectivity index (χ3n) is 10.9. The highest BCUT2D eigenvalue weighted by Gasteiger charge is 2.21. The number of nitrogens with zero attached hydrogens (tertiary/aromatic N) is 7. The van der Waals surface area contributed by atoms with Crippen LogP contribution < -0.4 is 4.90 Å². The van der Waals surface area contributed by atoms with Gasteiger partial charge in [-0.1, -0.05) is 78.9 Å². The molecule has 0 aliphatic carbocycles. The summed E-state index contributed by atoms with van der Waals surface area (Å²) < 4.78 is 4.24. The van der Waals surface area contributed by atoms with Gasteiger partial charge < -0.3 is 14.0 Å². The first kappa shape index (κ1) is 34.6. The summed E-state index contributed by atoms with van der Waals surface area (Å²) in [5.41, 5.74) is 12.1. The molecule has 10 rings (SSSR count). The van der Waals surface area contributed by atoms with Gasteiger partial charge in [0.1, 0.15) is 0 Å². The van der Waals surface area contributed by atoms with Gasteiger partial charge >= 0.3 is 0 Å². The van der Waals surface area contributed by atoms with Gasteiger partial charge in [0.05, 0.1) is 68.6 Å². The first-order chi connectivity index (χ1) is 29.0. The van der Waals surface area contributed by atoms with Crippen molar-refractivity contribution in [3.05, 3.63) is 198 Å². The molecule has 0 unspecified atom stereocenters. The zero-order valence-electron chi connectivity index (χ0n) is 31.4. The van der Waals surface area contributed by atoms with Crippen molar-refractivity contribution in [1.82, 2.24) is 9.13 Å². The van der Waals surface area contributed by atoms with Gasteiger partial charge in [-0.3, -0.25) is 0 Å². The van der Waals surface area contributed by atoms with E-state index in [1.165, 1.54) is 0 Å². The summed E-state index contributed by atoms with van der Waals surface area (Å²) in [7, 11) is 0. The molecule has 0 amide bonds. The van der Waals surface area contributed by atoms with Gasteiger partial charge in [-0.05, 0) is 108 Å². The number of fused-ring (bicyclic) bond motifs is 6. The topological polar surface area (TPSA) is 108 Å².